The predicted octanol–water partition coefficient (Wildman–Crippen LogP) is 2.16. The van der Waals surface area contributed by atoms with Crippen LogP contribution in [0, 0.1) is 0 Å². The maximum Gasteiger partial charge on any atom is 0.274 e. The molecule has 90 valence electrons. The molecule has 0 aliphatic heterocycles. The van der Waals surface area contributed by atoms with E-state index in [2.05, 4.69) is 0 Å². The van der Waals surface area contributed by atoms with Gasteiger partial charge in [0.2, 0.25) is 10.9 Å². The summed E-state index contributed by atoms with van der Waals surface area (Å²) in [6, 6.07) is 11.1. The average Bonchev–Trinajstić information content (AvgIpc) is 2.91. The van der Waals surface area contributed by atoms with E-state index in [0.717, 1.165) is 20.2 Å². The number of hydrogen-bond acceptors (Lipinski definition) is 4. The molecule has 0 aliphatic carbocycles. The molecule has 1 heterocycles. The van der Waals surface area contributed by atoms with Crippen LogP contribution in [0.4, 0.5) is 0 Å². The Morgan fingerprint density at radius 3 is 2.26 bits per heavy atom. The van der Waals surface area contributed by atoms with Crippen LogP contribution in [-0.2, 0) is 0 Å². The van der Waals surface area contributed by atoms with Crippen molar-refractivity contribution in [2.45, 2.75) is 0 Å². The second-order valence-electron chi connectivity index (χ2n) is 4.45. The molecule has 0 fully saturated rings. The third-order valence-electron chi connectivity index (χ3n) is 3.43. The van der Waals surface area contributed by atoms with Gasteiger partial charge in [0, 0.05) is 30.9 Å². The predicted molar refractivity (Wildman–Crippen MR) is 78.0 cm³/mol. The molecular formula is C15H6O3S. The second-order valence-corrected chi connectivity index (χ2v) is 5.53. The molecule has 0 bridgehead atoms. The fourth-order valence-electron chi connectivity index (χ4n) is 2.58. The van der Waals surface area contributed by atoms with Gasteiger partial charge in [0.25, 0.3) is 5.43 Å². The summed E-state index contributed by atoms with van der Waals surface area (Å²) in [7, 11) is 0. The monoisotopic (exact) mass is 266 g/mol. The van der Waals surface area contributed by atoms with Gasteiger partial charge in [-0.2, -0.15) is 0 Å². The minimum atomic E-state index is -0.919. The summed E-state index contributed by atoms with van der Waals surface area (Å²) in [6.45, 7) is 0. The van der Waals surface area contributed by atoms with Crippen molar-refractivity contribution in [3.05, 3.63) is 67.1 Å². The first-order chi connectivity index (χ1) is 9.18. The smallest absolute Gasteiger partial charge is 0.274 e. The first kappa shape index (κ1) is 10.6. The first-order valence-electron chi connectivity index (χ1n) is 5.76. The van der Waals surface area contributed by atoms with Gasteiger partial charge in [-0.25, -0.2) is 0 Å². The van der Waals surface area contributed by atoms with E-state index in [-0.39, 0.29) is 10.8 Å². The van der Waals surface area contributed by atoms with Crippen LogP contribution in [0.5, 0.6) is 0 Å². The van der Waals surface area contributed by atoms with Gasteiger partial charge in [0.1, 0.15) is 0 Å². The zero-order valence-corrected chi connectivity index (χ0v) is 10.4. The van der Waals surface area contributed by atoms with Crippen molar-refractivity contribution in [2.75, 3.05) is 0 Å². The van der Waals surface area contributed by atoms with E-state index < -0.39 is 16.3 Å². The molecule has 4 heteroatoms. The maximum atomic E-state index is 12.0. The Balaban J connectivity index is 2.51. The molecule has 4 rings (SSSR count). The lowest BCUT2D eigenvalue weighted by Gasteiger charge is -1.93. The molecule has 3 nitrogen and oxygen atoms in total. The fourth-order valence-corrected chi connectivity index (χ4v) is 3.69. The molecular weight excluding hydrogens is 260 g/mol. The summed E-state index contributed by atoms with van der Waals surface area (Å²) in [6.07, 6.45) is 0. The molecule has 0 spiro atoms. The highest BCUT2D eigenvalue weighted by molar-refractivity contribution is 7.26. The van der Waals surface area contributed by atoms with Gasteiger partial charge in [0.15, 0.2) is 0 Å². The van der Waals surface area contributed by atoms with Crippen LogP contribution in [0.25, 0.3) is 30.9 Å². The number of fused-ring (bicyclic) bond motifs is 5. The van der Waals surface area contributed by atoms with Crippen LogP contribution < -0.4 is 16.3 Å². The first-order valence-corrected chi connectivity index (χ1v) is 6.58. The van der Waals surface area contributed by atoms with Gasteiger partial charge in [-0.3, -0.25) is 14.4 Å². The molecule has 0 saturated carbocycles. The van der Waals surface area contributed by atoms with Gasteiger partial charge in [-0.15, -0.1) is 11.3 Å². The number of hydrogen-bond donors (Lipinski definition) is 0. The zero-order chi connectivity index (χ0) is 13.1. The van der Waals surface area contributed by atoms with Crippen molar-refractivity contribution in [1.82, 2.24) is 0 Å². The summed E-state index contributed by atoms with van der Waals surface area (Å²) in [5.74, 6) is 0. The van der Waals surface area contributed by atoms with E-state index in [1.54, 1.807) is 17.4 Å². The Morgan fingerprint density at radius 2 is 1.42 bits per heavy atom. The van der Waals surface area contributed by atoms with Crippen LogP contribution >= 0.6 is 11.3 Å². The second kappa shape index (κ2) is 3.36. The third-order valence-corrected chi connectivity index (χ3v) is 4.56. The van der Waals surface area contributed by atoms with Crippen molar-refractivity contribution in [1.29, 1.82) is 0 Å². The molecule has 19 heavy (non-hydrogen) atoms. The van der Waals surface area contributed by atoms with Gasteiger partial charge in [-0.05, 0) is 18.2 Å². The molecule has 0 N–H and O–H groups in total. The van der Waals surface area contributed by atoms with Crippen LogP contribution in [0.3, 0.4) is 0 Å². The molecule has 0 saturated heterocycles. The van der Waals surface area contributed by atoms with Crippen LogP contribution in [-0.4, -0.2) is 0 Å². The lowest BCUT2D eigenvalue weighted by molar-refractivity contribution is 1.56. The van der Waals surface area contributed by atoms with Crippen molar-refractivity contribution in [3.8, 4) is 0 Å². The van der Waals surface area contributed by atoms with E-state index >= 15 is 0 Å². The lowest BCUT2D eigenvalue weighted by Crippen LogP contribution is -2.29. The quantitative estimate of drug-likeness (QED) is 0.458. The van der Waals surface area contributed by atoms with Crippen molar-refractivity contribution in [3.63, 3.8) is 0 Å². The summed E-state index contributed by atoms with van der Waals surface area (Å²) in [5.41, 5.74) is -2.27. The summed E-state index contributed by atoms with van der Waals surface area (Å²) in [4.78, 5) is 35.3. The minimum Gasteiger partial charge on any atom is -0.285 e. The van der Waals surface area contributed by atoms with Gasteiger partial charge < -0.3 is 0 Å². The zero-order valence-electron chi connectivity index (χ0n) is 9.60. The average molecular weight is 266 g/mol. The van der Waals surface area contributed by atoms with Gasteiger partial charge in [-0.1, -0.05) is 18.2 Å². The standard InChI is InChI=1S/C15H6O3S/c16-13-8-5-6-10-11(12(8)14(17)15(13)18)7-3-1-2-4-9(7)19-10/h1-6H. The van der Waals surface area contributed by atoms with E-state index in [9.17, 15) is 14.4 Å². The topological polar surface area (TPSA) is 51.2 Å². The highest BCUT2D eigenvalue weighted by Crippen LogP contribution is 2.36. The summed E-state index contributed by atoms with van der Waals surface area (Å²) in [5, 5.41) is 2.19. The Bertz CT molecular complexity index is 1110. The highest BCUT2D eigenvalue weighted by Gasteiger charge is 2.17. The number of benzene rings is 2. The van der Waals surface area contributed by atoms with Crippen molar-refractivity contribution >= 4 is 42.3 Å². The molecule has 3 aromatic carbocycles. The minimum absolute atomic E-state index is 0.242. The SMILES string of the molecule is O=c1c(=O)c2ccc3sc4ccccc4c3c2c1=O. The normalized spacial score (nSPS) is 11.8. The Kier molecular flexibility index (Phi) is 1.87. The molecule has 0 atom stereocenters. The lowest BCUT2D eigenvalue weighted by atomic mass is 10.1. The van der Waals surface area contributed by atoms with E-state index in [1.807, 2.05) is 30.3 Å². The van der Waals surface area contributed by atoms with Gasteiger partial charge >= 0.3 is 0 Å². The van der Waals surface area contributed by atoms with Crippen LogP contribution in [0.1, 0.15) is 0 Å². The third kappa shape index (κ3) is 1.19. The fraction of sp³-hybridized carbons (Fsp3) is 0. The molecule has 0 radical (unpaired) electrons. The van der Waals surface area contributed by atoms with Crippen molar-refractivity contribution in [2.24, 2.45) is 0 Å². The van der Waals surface area contributed by atoms with Crippen LogP contribution in [0.15, 0.2) is 50.8 Å². The Hall–Kier alpha value is -2.33. The maximum absolute atomic E-state index is 12.0. The Labute approximate surface area is 110 Å². The van der Waals surface area contributed by atoms with E-state index in [4.69, 9.17) is 0 Å². The van der Waals surface area contributed by atoms with Crippen LogP contribution in [0.2, 0.25) is 0 Å². The molecule has 0 unspecified atom stereocenters. The Morgan fingerprint density at radius 1 is 0.632 bits per heavy atom. The number of thiophene rings is 1. The molecule has 0 amide bonds. The van der Waals surface area contributed by atoms with Gasteiger partial charge in [0.05, 0.1) is 0 Å². The molecule has 0 aliphatic rings. The summed E-state index contributed by atoms with van der Waals surface area (Å²) < 4.78 is 1.97. The number of rotatable bonds is 0. The van der Waals surface area contributed by atoms with E-state index in [0.29, 0.717) is 0 Å². The summed E-state index contributed by atoms with van der Waals surface area (Å²) >= 11 is 1.56. The van der Waals surface area contributed by atoms with E-state index in [1.165, 1.54) is 0 Å². The largest absolute Gasteiger partial charge is 0.285 e. The molecule has 1 aromatic heterocycles. The van der Waals surface area contributed by atoms with Crippen molar-refractivity contribution < 1.29 is 0 Å². The molecule has 4 aromatic rings. The highest BCUT2D eigenvalue weighted by atomic mass is 32.1.